The molecule has 0 spiro atoms. The molecule has 2 bridgehead atoms. The largest absolute Gasteiger partial charge is 0.493 e. The van der Waals surface area contributed by atoms with Crippen LogP contribution in [0.4, 0.5) is 0 Å². The van der Waals surface area contributed by atoms with E-state index >= 15 is 0 Å². The minimum absolute atomic E-state index is 0.109. The summed E-state index contributed by atoms with van der Waals surface area (Å²) >= 11 is 0. The number of ether oxygens (including phenoxy) is 1. The molecule has 202 valence electrons. The number of rotatable bonds is 11. The van der Waals surface area contributed by atoms with Crippen molar-refractivity contribution in [3.8, 4) is 5.75 Å². The molecule has 3 atom stereocenters. The van der Waals surface area contributed by atoms with Crippen LogP contribution in [0.3, 0.4) is 0 Å². The van der Waals surface area contributed by atoms with Crippen molar-refractivity contribution < 1.29 is 13.9 Å². The van der Waals surface area contributed by atoms with Crippen LogP contribution in [0.5, 0.6) is 5.75 Å². The van der Waals surface area contributed by atoms with Crippen LogP contribution in [0, 0.1) is 33.6 Å². The quantitative estimate of drug-likeness (QED) is 0.403. The smallest absolute Gasteiger partial charge is 0.287 e. The fourth-order valence-corrected chi connectivity index (χ4v) is 5.42. The first-order chi connectivity index (χ1) is 17.7. The molecule has 4 rings (SSSR count). The summed E-state index contributed by atoms with van der Waals surface area (Å²) in [6.45, 7) is 16.6. The van der Waals surface area contributed by atoms with Crippen molar-refractivity contribution in [3.63, 3.8) is 0 Å². The van der Waals surface area contributed by atoms with Gasteiger partial charge in [-0.1, -0.05) is 32.1 Å². The zero-order chi connectivity index (χ0) is 26.7. The van der Waals surface area contributed by atoms with Crippen LogP contribution >= 0.6 is 0 Å². The Hall–Kier alpha value is -2.57. The Kier molecular flexibility index (Phi) is 8.81. The van der Waals surface area contributed by atoms with Crippen molar-refractivity contribution in [2.75, 3.05) is 26.7 Å². The second-order valence-corrected chi connectivity index (χ2v) is 11.3. The molecule has 6 heteroatoms. The van der Waals surface area contributed by atoms with Crippen molar-refractivity contribution in [3.05, 3.63) is 64.1 Å². The standard InChI is InChI=1S/C31H45N3O3/c1-8-33(7)14-13-20(2)19-36-29-12-9-25(22(4)23(29)5)18-34-27-10-11-28(34)17-26(16-27)32-31(35)30-15-21(3)24(6)37-30/h9-12,15,20,26-28H,8,13-14,16-19H2,1-7H3,(H,32,35). The molecule has 3 heterocycles. The lowest BCUT2D eigenvalue weighted by Crippen LogP contribution is -2.50. The van der Waals surface area contributed by atoms with Gasteiger partial charge in [0.25, 0.3) is 5.91 Å². The highest BCUT2D eigenvalue weighted by Crippen LogP contribution is 2.34. The molecule has 6 nitrogen and oxygen atoms in total. The lowest BCUT2D eigenvalue weighted by Gasteiger charge is -2.39. The Labute approximate surface area is 223 Å². The fourth-order valence-electron chi connectivity index (χ4n) is 5.42. The minimum atomic E-state index is -0.109. The van der Waals surface area contributed by atoms with Crippen molar-refractivity contribution in [1.29, 1.82) is 0 Å². The summed E-state index contributed by atoms with van der Waals surface area (Å²) in [4.78, 5) is 17.6. The van der Waals surface area contributed by atoms with E-state index in [4.69, 9.17) is 9.15 Å². The molecule has 1 N–H and O–H groups in total. The number of hydrogen-bond donors (Lipinski definition) is 1. The molecule has 0 saturated carbocycles. The maximum absolute atomic E-state index is 12.7. The van der Waals surface area contributed by atoms with Crippen LogP contribution in [0.1, 0.15) is 71.7 Å². The predicted octanol–water partition coefficient (Wildman–Crippen LogP) is 5.57. The maximum atomic E-state index is 12.7. The van der Waals surface area contributed by atoms with E-state index in [1.807, 2.05) is 19.9 Å². The van der Waals surface area contributed by atoms with Gasteiger partial charge >= 0.3 is 0 Å². The fraction of sp³-hybridized carbons (Fsp3) is 0.581. The highest BCUT2D eigenvalue weighted by Gasteiger charge is 2.38. The lowest BCUT2D eigenvalue weighted by molar-refractivity contribution is 0.0830. The van der Waals surface area contributed by atoms with Gasteiger partial charge in [-0.15, -0.1) is 0 Å². The van der Waals surface area contributed by atoms with E-state index in [2.05, 4.69) is 74.1 Å². The number of hydrogen-bond acceptors (Lipinski definition) is 5. The summed E-state index contributed by atoms with van der Waals surface area (Å²) in [5.74, 6) is 2.63. The number of amides is 1. The van der Waals surface area contributed by atoms with E-state index in [0.717, 1.165) is 62.6 Å². The number of carbonyl (C=O) groups is 1. The molecular weight excluding hydrogens is 462 g/mol. The highest BCUT2D eigenvalue weighted by atomic mass is 16.5. The first-order valence-electron chi connectivity index (χ1n) is 13.9. The zero-order valence-electron chi connectivity index (χ0n) is 23.8. The Bertz CT molecular complexity index is 1090. The van der Waals surface area contributed by atoms with E-state index in [1.54, 1.807) is 0 Å². The molecule has 37 heavy (non-hydrogen) atoms. The van der Waals surface area contributed by atoms with E-state index in [-0.39, 0.29) is 11.9 Å². The van der Waals surface area contributed by atoms with Crippen molar-refractivity contribution >= 4 is 5.91 Å². The maximum Gasteiger partial charge on any atom is 0.287 e. The molecule has 1 saturated heterocycles. The Morgan fingerprint density at radius 2 is 1.86 bits per heavy atom. The summed E-state index contributed by atoms with van der Waals surface area (Å²) in [6.07, 6.45) is 7.61. The van der Waals surface area contributed by atoms with Crippen LogP contribution in [0.15, 0.2) is 34.8 Å². The van der Waals surface area contributed by atoms with Gasteiger partial charge in [0.15, 0.2) is 5.76 Å². The van der Waals surface area contributed by atoms with Crippen molar-refractivity contribution in [2.24, 2.45) is 5.92 Å². The summed E-state index contributed by atoms with van der Waals surface area (Å²) in [5.41, 5.74) is 4.92. The molecule has 1 aromatic carbocycles. The van der Waals surface area contributed by atoms with E-state index < -0.39 is 0 Å². The number of benzene rings is 1. The summed E-state index contributed by atoms with van der Waals surface area (Å²) < 4.78 is 11.9. The third-order valence-corrected chi connectivity index (χ3v) is 8.45. The number of nitrogens with zero attached hydrogens (tertiary/aromatic N) is 2. The van der Waals surface area contributed by atoms with Crippen molar-refractivity contribution in [1.82, 2.24) is 15.1 Å². The molecule has 3 unspecified atom stereocenters. The van der Waals surface area contributed by atoms with E-state index in [0.29, 0.717) is 23.8 Å². The number of aryl methyl sites for hydroxylation is 2. The predicted molar refractivity (Wildman–Crippen MR) is 149 cm³/mol. The van der Waals surface area contributed by atoms with Gasteiger partial charge in [-0.3, -0.25) is 9.69 Å². The van der Waals surface area contributed by atoms with Gasteiger partial charge in [-0.25, -0.2) is 0 Å². The van der Waals surface area contributed by atoms with E-state index in [9.17, 15) is 4.79 Å². The zero-order valence-corrected chi connectivity index (χ0v) is 23.8. The number of piperidine rings is 1. The lowest BCUT2D eigenvalue weighted by atomic mass is 9.94. The third-order valence-electron chi connectivity index (χ3n) is 8.45. The Morgan fingerprint density at radius 3 is 2.49 bits per heavy atom. The number of nitrogens with one attached hydrogen (secondary N) is 1. The van der Waals surface area contributed by atoms with Crippen LogP contribution in [-0.4, -0.2) is 60.6 Å². The minimum Gasteiger partial charge on any atom is -0.493 e. The molecule has 1 amide bonds. The topological polar surface area (TPSA) is 58.0 Å². The van der Waals surface area contributed by atoms with Crippen LogP contribution in [0.2, 0.25) is 0 Å². The summed E-state index contributed by atoms with van der Waals surface area (Å²) in [7, 11) is 2.17. The van der Waals surface area contributed by atoms with Crippen molar-refractivity contribution in [2.45, 2.75) is 85.5 Å². The van der Waals surface area contributed by atoms with Crippen LogP contribution in [0.25, 0.3) is 0 Å². The first-order valence-corrected chi connectivity index (χ1v) is 13.9. The van der Waals surface area contributed by atoms with Gasteiger partial charge in [-0.05, 0) is 107 Å². The molecule has 1 aromatic heterocycles. The average Bonchev–Trinajstić information content (AvgIpc) is 3.33. The normalized spacial score (nSPS) is 22.0. The molecule has 2 aliphatic rings. The molecule has 2 aliphatic heterocycles. The Balaban J connectivity index is 1.32. The summed E-state index contributed by atoms with van der Waals surface area (Å²) in [6, 6.07) is 7.04. The highest BCUT2D eigenvalue weighted by molar-refractivity contribution is 5.92. The summed E-state index contributed by atoms with van der Waals surface area (Å²) in [5, 5.41) is 3.21. The monoisotopic (exact) mass is 507 g/mol. The van der Waals surface area contributed by atoms with Gasteiger partial charge in [0.05, 0.1) is 6.61 Å². The average molecular weight is 508 g/mol. The second-order valence-electron chi connectivity index (χ2n) is 11.3. The molecule has 2 aromatic rings. The SMILES string of the molecule is CCN(C)CCC(C)COc1ccc(CN2C3C=CC2CC(NC(=O)c2cc(C)c(C)o2)C3)c(C)c1C. The van der Waals surface area contributed by atoms with E-state index in [1.165, 1.54) is 16.7 Å². The third kappa shape index (κ3) is 6.47. The van der Waals surface area contributed by atoms with Gasteiger partial charge in [-0.2, -0.15) is 0 Å². The number of furan rings is 1. The van der Waals surface area contributed by atoms with Gasteiger partial charge in [0.2, 0.25) is 0 Å². The number of carbonyl (C=O) groups excluding carboxylic acids is 1. The number of fused-ring (bicyclic) bond motifs is 2. The van der Waals surface area contributed by atoms with Crippen LogP contribution in [-0.2, 0) is 6.54 Å². The second kappa shape index (κ2) is 11.9. The molecule has 0 radical (unpaired) electrons. The first kappa shape index (κ1) is 27.5. The van der Waals surface area contributed by atoms with Gasteiger partial charge in [0, 0.05) is 24.7 Å². The Morgan fingerprint density at radius 1 is 1.16 bits per heavy atom. The van der Waals surface area contributed by atoms with Gasteiger partial charge < -0.3 is 19.4 Å². The molecule has 1 fully saturated rings. The van der Waals surface area contributed by atoms with Crippen LogP contribution < -0.4 is 10.1 Å². The molecule has 0 aliphatic carbocycles. The molecular formula is C31H45N3O3. The van der Waals surface area contributed by atoms with Gasteiger partial charge in [0.1, 0.15) is 11.5 Å².